The second-order valence-electron chi connectivity index (χ2n) is 4.92. The van der Waals surface area contributed by atoms with Crippen LogP contribution in [0.2, 0.25) is 0 Å². The molecule has 2 heteroatoms. The molecule has 0 spiro atoms. The lowest BCUT2D eigenvalue weighted by atomic mass is 10.0. The Bertz CT molecular complexity index is 145. The average Bonchev–Trinajstić information content (AvgIpc) is 2.14. The van der Waals surface area contributed by atoms with E-state index in [1.807, 2.05) is 7.05 Å². The molecule has 0 amide bonds. The van der Waals surface area contributed by atoms with Crippen LogP contribution in [0.15, 0.2) is 0 Å². The number of nitrogens with zero attached hydrogens (tertiary/aromatic N) is 1. The molecule has 0 rings (SSSR count). The molecule has 2 nitrogen and oxygen atoms in total. The summed E-state index contributed by atoms with van der Waals surface area (Å²) in [5.74, 6) is 0.729. The molecule has 0 aliphatic carbocycles. The topological polar surface area (TPSA) is 15.3 Å². The van der Waals surface area contributed by atoms with Gasteiger partial charge in [0.1, 0.15) is 0 Å². The summed E-state index contributed by atoms with van der Waals surface area (Å²) in [4.78, 5) is 2.48. The second-order valence-corrected chi connectivity index (χ2v) is 4.92. The average molecular weight is 200 g/mol. The molecule has 1 N–H and O–H groups in total. The maximum absolute atomic E-state index is 3.29. The zero-order valence-electron chi connectivity index (χ0n) is 11.0. The molecule has 3 unspecified atom stereocenters. The fourth-order valence-corrected chi connectivity index (χ4v) is 1.67. The van der Waals surface area contributed by atoms with Gasteiger partial charge in [-0.1, -0.05) is 13.8 Å². The Morgan fingerprint density at radius 3 is 1.93 bits per heavy atom. The van der Waals surface area contributed by atoms with Crippen LogP contribution in [0.1, 0.15) is 41.0 Å². The van der Waals surface area contributed by atoms with Crippen LogP contribution in [-0.2, 0) is 0 Å². The predicted molar refractivity (Wildman–Crippen MR) is 64.7 cm³/mol. The van der Waals surface area contributed by atoms with Gasteiger partial charge < -0.3 is 10.2 Å². The lowest BCUT2D eigenvalue weighted by molar-refractivity contribution is 0.145. The van der Waals surface area contributed by atoms with Crippen LogP contribution < -0.4 is 5.32 Å². The maximum atomic E-state index is 3.29. The summed E-state index contributed by atoms with van der Waals surface area (Å²) in [6.45, 7) is 11.4. The largest absolute Gasteiger partial charge is 0.317 e. The van der Waals surface area contributed by atoms with Crippen LogP contribution in [0.25, 0.3) is 0 Å². The van der Waals surface area contributed by atoms with Gasteiger partial charge >= 0.3 is 0 Å². The summed E-state index contributed by atoms with van der Waals surface area (Å²) in [5, 5.41) is 3.29. The molecule has 0 saturated heterocycles. The molecular formula is C12H28N2. The first-order valence-electron chi connectivity index (χ1n) is 5.79. The molecule has 86 valence electrons. The standard InChI is InChI=1S/C12H28N2/c1-9(2)12(5)14(7)11(4)8-10(3)13-6/h9-13H,8H2,1-7H3. The Morgan fingerprint density at radius 1 is 1.07 bits per heavy atom. The van der Waals surface area contributed by atoms with Gasteiger partial charge in [-0.2, -0.15) is 0 Å². The lowest BCUT2D eigenvalue weighted by Gasteiger charge is -2.34. The fourth-order valence-electron chi connectivity index (χ4n) is 1.67. The number of hydrogen-bond acceptors (Lipinski definition) is 2. The number of hydrogen-bond donors (Lipinski definition) is 1. The summed E-state index contributed by atoms with van der Waals surface area (Å²) in [7, 11) is 4.26. The zero-order chi connectivity index (χ0) is 11.3. The minimum Gasteiger partial charge on any atom is -0.317 e. The summed E-state index contributed by atoms with van der Waals surface area (Å²) in [6, 6.07) is 1.91. The van der Waals surface area contributed by atoms with Gasteiger partial charge in [0.2, 0.25) is 0 Å². The van der Waals surface area contributed by atoms with Crippen LogP contribution >= 0.6 is 0 Å². The van der Waals surface area contributed by atoms with Gasteiger partial charge in [-0.3, -0.25) is 0 Å². The zero-order valence-corrected chi connectivity index (χ0v) is 11.0. The van der Waals surface area contributed by atoms with Crippen molar-refractivity contribution < 1.29 is 0 Å². The summed E-state index contributed by atoms with van der Waals surface area (Å²) >= 11 is 0. The van der Waals surface area contributed by atoms with Crippen LogP contribution in [0.4, 0.5) is 0 Å². The molecule has 0 aromatic rings. The van der Waals surface area contributed by atoms with E-state index in [2.05, 4.69) is 51.9 Å². The molecule has 0 aromatic carbocycles. The highest BCUT2D eigenvalue weighted by atomic mass is 15.2. The molecule has 0 aromatic heterocycles. The minimum absolute atomic E-state index is 0.604. The van der Waals surface area contributed by atoms with E-state index < -0.39 is 0 Å². The van der Waals surface area contributed by atoms with Crippen molar-refractivity contribution in [1.82, 2.24) is 10.2 Å². The van der Waals surface area contributed by atoms with Crippen LogP contribution in [-0.4, -0.2) is 37.1 Å². The number of rotatable bonds is 6. The summed E-state index contributed by atoms with van der Waals surface area (Å²) < 4.78 is 0. The van der Waals surface area contributed by atoms with Gasteiger partial charge in [-0.15, -0.1) is 0 Å². The third-order valence-electron chi connectivity index (χ3n) is 3.49. The lowest BCUT2D eigenvalue weighted by Crippen LogP contribution is -2.42. The predicted octanol–water partition coefficient (Wildman–Crippen LogP) is 2.35. The monoisotopic (exact) mass is 200 g/mol. The molecule has 14 heavy (non-hydrogen) atoms. The van der Waals surface area contributed by atoms with Crippen molar-refractivity contribution in [3.8, 4) is 0 Å². The Hall–Kier alpha value is -0.0800. The molecule has 0 saturated carbocycles. The van der Waals surface area contributed by atoms with E-state index in [9.17, 15) is 0 Å². The normalized spacial score (nSPS) is 18.6. The van der Waals surface area contributed by atoms with Crippen molar-refractivity contribution in [3.63, 3.8) is 0 Å². The quantitative estimate of drug-likeness (QED) is 0.708. The van der Waals surface area contributed by atoms with Crippen LogP contribution in [0, 0.1) is 5.92 Å². The Kier molecular flexibility index (Phi) is 6.38. The third-order valence-corrected chi connectivity index (χ3v) is 3.49. The smallest absolute Gasteiger partial charge is 0.00897 e. The first kappa shape index (κ1) is 13.9. The van der Waals surface area contributed by atoms with Crippen molar-refractivity contribution in [2.45, 2.75) is 59.2 Å². The van der Waals surface area contributed by atoms with Gasteiger partial charge in [0.15, 0.2) is 0 Å². The van der Waals surface area contributed by atoms with E-state index in [0.717, 1.165) is 5.92 Å². The van der Waals surface area contributed by atoms with Crippen molar-refractivity contribution >= 4 is 0 Å². The Balaban J connectivity index is 4.04. The summed E-state index contributed by atoms with van der Waals surface area (Å²) in [6.07, 6.45) is 1.21. The summed E-state index contributed by atoms with van der Waals surface area (Å²) in [5.41, 5.74) is 0. The molecule has 3 atom stereocenters. The molecule has 0 aliphatic rings. The van der Waals surface area contributed by atoms with Gasteiger partial charge in [0, 0.05) is 18.1 Å². The maximum Gasteiger partial charge on any atom is 0.00897 e. The van der Waals surface area contributed by atoms with Crippen LogP contribution in [0.5, 0.6) is 0 Å². The van der Waals surface area contributed by atoms with E-state index in [-0.39, 0.29) is 0 Å². The van der Waals surface area contributed by atoms with Gasteiger partial charge in [-0.25, -0.2) is 0 Å². The number of nitrogens with one attached hydrogen (secondary N) is 1. The Labute approximate surface area is 90.1 Å². The van der Waals surface area contributed by atoms with E-state index in [1.54, 1.807) is 0 Å². The highest BCUT2D eigenvalue weighted by molar-refractivity contribution is 4.75. The second kappa shape index (κ2) is 6.41. The first-order valence-corrected chi connectivity index (χ1v) is 5.79. The van der Waals surface area contributed by atoms with E-state index in [1.165, 1.54) is 6.42 Å². The molecule has 0 bridgehead atoms. The fraction of sp³-hybridized carbons (Fsp3) is 1.00. The minimum atomic E-state index is 0.604. The Morgan fingerprint density at radius 2 is 1.57 bits per heavy atom. The highest BCUT2D eigenvalue weighted by Crippen LogP contribution is 2.14. The molecule has 0 radical (unpaired) electrons. The molecule has 0 aliphatic heterocycles. The van der Waals surface area contributed by atoms with Crippen molar-refractivity contribution in [3.05, 3.63) is 0 Å². The van der Waals surface area contributed by atoms with E-state index >= 15 is 0 Å². The van der Waals surface area contributed by atoms with Crippen molar-refractivity contribution in [2.75, 3.05) is 14.1 Å². The van der Waals surface area contributed by atoms with Gasteiger partial charge in [0.05, 0.1) is 0 Å². The van der Waals surface area contributed by atoms with Crippen molar-refractivity contribution in [1.29, 1.82) is 0 Å². The van der Waals surface area contributed by atoms with Gasteiger partial charge in [-0.05, 0) is 47.2 Å². The molecular weight excluding hydrogens is 172 g/mol. The van der Waals surface area contributed by atoms with E-state index in [4.69, 9.17) is 0 Å². The van der Waals surface area contributed by atoms with Crippen molar-refractivity contribution in [2.24, 2.45) is 5.92 Å². The third kappa shape index (κ3) is 4.43. The molecule has 0 fully saturated rings. The SMILES string of the molecule is CNC(C)CC(C)N(C)C(C)C(C)C. The van der Waals surface area contributed by atoms with Crippen LogP contribution in [0.3, 0.4) is 0 Å². The van der Waals surface area contributed by atoms with Gasteiger partial charge in [0.25, 0.3) is 0 Å². The molecule has 0 heterocycles. The van der Waals surface area contributed by atoms with E-state index in [0.29, 0.717) is 18.1 Å². The highest BCUT2D eigenvalue weighted by Gasteiger charge is 2.19. The first-order chi connectivity index (χ1) is 6.40.